The topological polar surface area (TPSA) is 52.3 Å². The maximum absolute atomic E-state index is 11.7. The van der Waals surface area contributed by atoms with E-state index in [4.69, 9.17) is 20.8 Å². The smallest absolute Gasteiger partial charge is 0.341 e. The van der Waals surface area contributed by atoms with Gasteiger partial charge in [-0.2, -0.15) is 0 Å². The quantitative estimate of drug-likeness (QED) is 0.689. The molecule has 0 saturated heterocycles. The fraction of sp³-hybridized carbons (Fsp3) is 0.125. The van der Waals surface area contributed by atoms with Gasteiger partial charge >= 0.3 is 5.97 Å². The molecule has 0 atom stereocenters. The van der Waals surface area contributed by atoms with Crippen LogP contribution in [0.15, 0.2) is 46.9 Å². The number of aromatic nitrogens is 1. The van der Waals surface area contributed by atoms with Gasteiger partial charge in [-0.1, -0.05) is 29.8 Å². The van der Waals surface area contributed by atoms with Gasteiger partial charge in [0.25, 0.3) is 0 Å². The summed E-state index contributed by atoms with van der Waals surface area (Å²) in [5.74, 6) is 0.110. The summed E-state index contributed by atoms with van der Waals surface area (Å²) in [5, 5.41) is 0.685. The normalized spacial score (nSPS) is 10.8. The molecule has 0 radical (unpaired) electrons. The molecule has 0 amide bonds. The third kappa shape index (κ3) is 2.76. The molecule has 5 heteroatoms. The van der Waals surface area contributed by atoms with E-state index in [0.29, 0.717) is 34.0 Å². The Balaban J connectivity index is 1.97. The molecular formula is C16H12ClNO3. The van der Waals surface area contributed by atoms with Crippen molar-refractivity contribution < 1.29 is 13.9 Å². The van der Waals surface area contributed by atoms with Crippen LogP contribution in [-0.2, 0) is 11.2 Å². The zero-order chi connectivity index (χ0) is 14.8. The molecule has 0 fully saturated rings. The number of hydrogen-bond acceptors (Lipinski definition) is 4. The first-order chi connectivity index (χ1) is 10.2. The summed E-state index contributed by atoms with van der Waals surface area (Å²) >= 11 is 5.86. The van der Waals surface area contributed by atoms with Crippen molar-refractivity contribution in [1.82, 2.24) is 4.98 Å². The number of hydrogen-bond donors (Lipinski definition) is 0. The Morgan fingerprint density at radius 2 is 2.00 bits per heavy atom. The van der Waals surface area contributed by atoms with Gasteiger partial charge in [0.2, 0.25) is 0 Å². The number of fused-ring (bicyclic) bond motifs is 1. The lowest BCUT2D eigenvalue weighted by molar-refractivity contribution is 0.0601. The molecule has 0 saturated carbocycles. The Morgan fingerprint density at radius 3 is 2.71 bits per heavy atom. The van der Waals surface area contributed by atoms with E-state index >= 15 is 0 Å². The summed E-state index contributed by atoms with van der Waals surface area (Å²) in [6.07, 6.45) is 0.534. The average molecular weight is 302 g/mol. The van der Waals surface area contributed by atoms with Crippen molar-refractivity contribution >= 4 is 28.7 Å². The Bertz CT molecular complexity index is 793. The summed E-state index contributed by atoms with van der Waals surface area (Å²) in [7, 11) is 1.34. The van der Waals surface area contributed by atoms with Gasteiger partial charge in [-0.3, -0.25) is 0 Å². The summed E-state index contributed by atoms with van der Waals surface area (Å²) in [4.78, 5) is 16.1. The maximum atomic E-state index is 11.7. The van der Waals surface area contributed by atoms with Crippen LogP contribution < -0.4 is 0 Å². The number of oxazole rings is 1. The minimum atomic E-state index is -0.435. The van der Waals surface area contributed by atoms with Crippen LogP contribution in [0.3, 0.4) is 0 Å². The monoisotopic (exact) mass is 301 g/mol. The van der Waals surface area contributed by atoms with E-state index in [0.717, 1.165) is 5.56 Å². The number of nitrogens with zero attached hydrogens (tertiary/aromatic N) is 1. The second-order valence-corrected chi connectivity index (χ2v) is 4.99. The number of para-hydroxylation sites is 1. The van der Waals surface area contributed by atoms with Crippen LogP contribution in [0.2, 0.25) is 5.02 Å². The Kier molecular flexibility index (Phi) is 3.62. The highest BCUT2D eigenvalue weighted by Crippen LogP contribution is 2.22. The number of esters is 1. The Morgan fingerprint density at radius 1 is 1.24 bits per heavy atom. The Labute approximate surface area is 126 Å². The largest absolute Gasteiger partial charge is 0.465 e. The predicted molar refractivity (Wildman–Crippen MR) is 79.6 cm³/mol. The minimum absolute atomic E-state index is 0.379. The molecule has 2 aromatic carbocycles. The van der Waals surface area contributed by atoms with Crippen LogP contribution in [-0.4, -0.2) is 18.1 Å². The lowest BCUT2D eigenvalue weighted by atomic mass is 10.1. The van der Waals surface area contributed by atoms with Gasteiger partial charge in [-0.05, 0) is 29.8 Å². The van der Waals surface area contributed by atoms with Gasteiger partial charge in [0.1, 0.15) is 11.1 Å². The van der Waals surface area contributed by atoms with E-state index in [9.17, 15) is 4.79 Å². The molecule has 3 rings (SSSR count). The SMILES string of the molecule is COC(=O)c1cccc2nc(Cc3ccc(Cl)cc3)oc12. The molecule has 1 aromatic heterocycles. The molecule has 1 heterocycles. The molecule has 4 nitrogen and oxygen atoms in total. The van der Waals surface area contributed by atoms with Crippen molar-refractivity contribution in [2.45, 2.75) is 6.42 Å². The first kappa shape index (κ1) is 13.6. The second-order valence-electron chi connectivity index (χ2n) is 4.56. The van der Waals surface area contributed by atoms with Gasteiger partial charge in [-0.25, -0.2) is 9.78 Å². The van der Waals surface area contributed by atoms with E-state index in [1.54, 1.807) is 18.2 Å². The number of methoxy groups -OCH3 is 1. The van der Waals surface area contributed by atoms with Crippen LogP contribution in [0.25, 0.3) is 11.1 Å². The van der Waals surface area contributed by atoms with Gasteiger partial charge in [-0.15, -0.1) is 0 Å². The number of ether oxygens (including phenoxy) is 1. The zero-order valence-electron chi connectivity index (χ0n) is 11.3. The molecule has 0 aliphatic heterocycles. The highest BCUT2D eigenvalue weighted by atomic mass is 35.5. The molecule has 0 N–H and O–H groups in total. The van der Waals surface area contributed by atoms with E-state index in [1.807, 2.05) is 24.3 Å². The van der Waals surface area contributed by atoms with E-state index in [1.165, 1.54) is 7.11 Å². The van der Waals surface area contributed by atoms with Crippen molar-refractivity contribution in [1.29, 1.82) is 0 Å². The Hall–Kier alpha value is -2.33. The number of halogens is 1. The van der Waals surface area contributed by atoms with E-state index in [-0.39, 0.29) is 0 Å². The maximum Gasteiger partial charge on any atom is 0.341 e. The van der Waals surface area contributed by atoms with E-state index < -0.39 is 5.97 Å². The first-order valence-electron chi connectivity index (χ1n) is 6.38. The second kappa shape index (κ2) is 5.58. The third-order valence-corrected chi connectivity index (χ3v) is 3.39. The van der Waals surface area contributed by atoms with Crippen LogP contribution in [0.5, 0.6) is 0 Å². The molecular weight excluding hydrogens is 290 g/mol. The highest BCUT2D eigenvalue weighted by Gasteiger charge is 2.15. The van der Waals surface area contributed by atoms with Crippen LogP contribution in [0.4, 0.5) is 0 Å². The van der Waals surface area contributed by atoms with Gasteiger partial charge in [0.15, 0.2) is 11.5 Å². The first-order valence-corrected chi connectivity index (χ1v) is 6.76. The van der Waals surface area contributed by atoms with Crippen LogP contribution in [0.1, 0.15) is 21.8 Å². The van der Waals surface area contributed by atoms with Crippen molar-refractivity contribution in [3.63, 3.8) is 0 Å². The highest BCUT2D eigenvalue weighted by molar-refractivity contribution is 6.30. The molecule has 21 heavy (non-hydrogen) atoms. The number of benzene rings is 2. The molecule has 0 aliphatic rings. The number of carbonyl (C=O) groups excluding carboxylic acids is 1. The molecule has 0 bridgehead atoms. The predicted octanol–water partition coefficient (Wildman–Crippen LogP) is 3.86. The molecule has 0 unspecified atom stereocenters. The summed E-state index contributed by atoms with van der Waals surface area (Å²) in [6, 6.07) is 12.7. The molecule has 106 valence electrons. The summed E-state index contributed by atoms with van der Waals surface area (Å²) in [5.41, 5.74) is 2.51. The summed E-state index contributed by atoms with van der Waals surface area (Å²) < 4.78 is 10.5. The number of carbonyl (C=O) groups is 1. The molecule has 0 spiro atoms. The van der Waals surface area contributed by atoms with Crippen molar-refractivity contribution in [2.24, 2.45) is 0 Å². The summed E-state index contributed by atoms with van der Waals surface area (Å²) in [6.45, 7) is 0. The fourth-order valence-corrected chi connectivity index (χ4v) is 2.24. The zero-order valence-corrected chi connectivity index (χ0v) is 12.1. The minimum Gasteiger partial charge on any atom is -0.465 e. The molecule has 3 aromatic rings. The average Bonchev–Trinajstić information content (AvgIpc) is 2.91. The van der Waals surface area contributed by atoms with Gasteiger partial charge in [0.05, 0.1) is 7.11 Å². The third-order valence-electron chi connectivity index (χ3n) is 3.13. The van der Waals surface area contributed by atoms with Crippen LogP contribution in [0, 0.1) is 0 Å². The van der Waals surface area contributed by atoms with E-state index in [2.05, 4.69) is 4.98 Å². The van der Waals surface area contributed by atoms with Crippen molar-refractivity contribution in [3.8, 4) is 0 Å². The van der Waals surface area contributed by atoms with Gasteiger partial charge < -0.3 is 9.15 Å². The lowest BCUT2D eigenvalue weighted by Gasteiger charge is -1.98. The standard InChI is InChI=1S/C16H12ClNO3/c1-20-16(19)12-3-2-4-13-15(12)21-14(18-13)9-10-5-7-11(17)8-6-10/h2-8H,9H2,1H3. The molecule has 0 aliphatic carbocycles. The van der Waals surface area contributed by atoms with Gasteiger partial charge in [0, 0.05) is 11.4 Å². The van der Waals surface area contributed by atoms with Crippen molar-refractivity contribution in [2.75, 3.05) is 7.11 Å². The fourth-order valence-electron chi connectivity index (χ4n) is 2.12. The van der Waals surface area contributed by atoms with Crippen molar-refractivity contribution in [3.05, 3.63) is 64.5 Å². The lowest BCUT2D eigenvalue weighted by Crippen LogP contribution is -2.00. The number of rotatable bonds is 3. The van der Waals surface area contributed by atoms with Crippen LogP contribution >= 0.6 is 11.6 Å².